The zero-order valence-corrected chi connectivity index (χ0v) is 9.83. The maximum absolute atomic E-state index is 10.5. The molecule has 0 aliphatic carbocycles. The minimum atomic E-state index is -0.644. The summed E-state index contributed by atoms with van der Waals surface area (Å²) < 4.78 is 5.31. The lowest BCUT2D eigenvalue weighted by Gasteiger charge is -2.36. The predicted molar refractivity (Wildman–Crippen MR) is 60.7 cm³/mol. The first-order chi connectivity index (χ1) is 8.16. The van der Waals surface area contributed by atoms with E-state index in [0.29, 0.717) is 25.2 Å². The highest BCUT2D eigenvalue weighted by Gasteiger charge is 2.27. The predicted octanol–water partition coefficient (Wildman–Crippen LogP) is -0.677. The summed E-state index contributed by atoms with van der Waals surface area (Å²) in [5.41, 5.74) is 0. The van der Waals surface area contributed by atoms with Gasteiger partial charge in [-0.1, -0.05) is 0 Å². The minimum absolute atomic E-state index is 0.417. The van der Waals surface area contributed by atoms with Crippen molar-refractivity contribution in [3.05, 3.63) is 10.1 Å². The van der Waals surface area contributed by atoms with E-state index < -0.39 is 5.03 Å². The van der Waals surface area contributed by atoms with Gasteiger partial charge in [0.1, 0.15) is 5.10 Å². The van der Waals surface area contributed by atoms with Gasteiger partial charge in [-0.15, -0.1) is 0 Å². The molecule has 96 valence electrons. The number of ether oxygens (including phenoxy) is 1. The van der Waals surface area contributed by atoms with Gasteiger partial charge in [0.05, 0.1) is 19.9 Å². The molecule has 17 heavy (non-hydrogen) atoms. The van der Waals surface area contributed by atoms with E-state index in [9.17, 15) is 10.1 Å². The maximum Gasteiger partial charge on any atom is 0.275 e. The average Bonchev–Trinajstić information content (AvgIpc) is 2.75. The van der Waals surface area contributed by atoms with Crippen LogP contribution in [0.1, 0.15) is 6.42 Å². The molecule has 1 N–H and O–H groups in total. The van der Waals surface area contributed by atoms with Crippen LogP contribution in [0.3, 0.4) is 0 Å². The summed E-state index contributed by atoms with van der Waals surface area (Å²) in [7, 11) is 1.78. The van der Waals surface area contributed by atoms with E-state index in [1.165, 1.54) is 0 Å². The lowest BCUT2D eigenvalue weighted by molar-refractivity contribution is -0.486. The van der Waals surface area contributed by atoms with Gasteiger partial charge >= 0.3 is 0 Å². The molecule has 2 saturated heterocycles. The first kappa shape index (κ1) is 12.1. The second kappa shape index (κ2) is 5.28. The van der Waals surface area contributed by atoms with Crippen molar-refractivity contribution < 1.29 is 9.77 Å². The summed E-state index contributed by atoms with van der Waals surface area (Å²) in [4.78, 5) is 14.1. The number of hydrogen-bond acceptors (Lipinski definition) is 4. The van der Waals surface area contributed by atoms with E-state index in [0.717, 1.165) is 26.2 Å². The number of nitro groups is 1. The molecule has 8 heteroatoms. The Hall–Kier alpha value is -1.41. The Morgan fingerprint density at radius 2 is 2.47 bits per heavy atom. The summed E-state index contributed by atoms with van der Waals surface area (Å²) >= 11 is 0. The molecule has 0 aromatic heterocycles. The molecular weight excluding hydrogens is 226 g/mol. The Morgan fingerprint density at radius 3 is 3.12 bits per heavy atom. The lowest BCUT2D eigenvalue weighted by Crippen LogP contribution is -2.57. The fourth-order valence-corrected chi connectivity index (χ4v) is 2.13. The summed E-state index contributed by atoms with van der Waals surface area (Å²) in [5, 5.41) is 16.5. The molecule has 0 aromatic rings. The molecule has 0 saturated carbocycles. The normalized spacial score (nSPS) is 27.8. The molecule has 2 aliphatic rings. The zero-order valence-electron chi connectivity index (χ0n) is 9.83. The highest BCUT2D eigenvalue weighted by atomic mass is 16.7. The van der Waals surface area contributed by atoms with Crippen molar-refractivity contribution >= 4 is 5.96 Å². The third-order valence-corrected chi connectivity index (χ3v) is 2.95. The third-order valence-electron chi connectivity index (χ3n) is 2.95. The molecule has 0 aromatic carbocycles. The molecule has 0 radical (unpaired) electrons. The molecule has 0 bridgehead atoms. The van der Waals surface area contributed by atoms with Crippen molar-refractivity contribution in [1.82, 2.24) is 15.1 Å². The van der Waals surface area contributed by atoms with Crippen molar-refractivity contribution in [2.24, 2.45) is 11.0 Å². The van der Waals surface area contributed by atoms with E-state index in [1.54, 1.807) is 11.9 Å². The van der Waals surface area contributed by atoms with Crippen LogP contribution in [0.2, 0.25) is 0 Å². The van der Waals surface area contributed by atoms with Crippen LogP contribution < -0.4 is 5.32 Å². The van der Waals surface area contributed by atoms with Gasteiger partial charge in [-0.3, -0.25) is 5.32 Å². The van der Waals surface area contributed by atoms with Crippen LogP contribution in [0.5, 0.6) is 0 Å². The smallest absolute Gasteiger partial charge is 0.275 e. The fourth-order valence-electron chi connectivity index (χ4n) is 2.13. The van der Waals surface area contributed by atoms with Crippen molar-refractivity contribution in [3.8, 4) is 0 Å². The van der Waals surface area contributed by atoms with Gasteiger partial charge in [0.2, 0.25) is 0 Å². The van der Waals surface area contributed by atoms with Crippen LogP contribution in [0.25, 0.3) is 0 Å². The molecule has 1 atom stereocenters. The average molecular weight is 243 g/mol. The van der Waals surface area contributed by atoms with Gasteiger partial charge in [-0.25, -0.2) is 10.1 Å². The van der Waals surface area contributed by atoms with Crippen molar-refractivity contribution in [1.29, 1.82) is 0 Å². The number of nitrogens with zero attached hydrogens (tertiary/aromatic N) is 4. The Labute approximate surface area is 99.3 Å². The maximum atomic E-state index is 10.5. The number of nitrogens with one attached hydrogen (secondary N) is 1. The van der Waals surface area contributed by atoms with Gasteiger partial charge in [0.15, 0.2) is 5.03 Å². The second-order valence-electron chi connectivity index (χ2n) is 4.35. The Morgan fingerprint density at radius 1 is 1.65 bits per heavy atom. The van der Waals surface area contributed by atoms with Crippen LogP contribution in [-0.2, 0) is 4.74 Å². The van der Waals surface area contributed by atoms with Gasteiger partial charge in [0.25, 0.3) is 5.96 Å². The topological polar surface area (TPSA) is 83.2 Å². The molecule has 0 amide bonds. The van der Waals surface area contributed by atoms with E-state index in [2.05, 4.69) is 10.4 Å². The SMILES string of the molecule is CN1CNCN(CC2CCOC2)/C1=N/[N+](=O)[O-]. The van der Waals surface area contributed by atoms with Gasteiger partial charge < -0.3 is 14.5 Å². The standard InChI is InChI=1S/C9H17N5O3/c1-12-6-10-7-13(9(12)11-14(15)16)4-8-2-3-17-5-8/h8,10H,2-7H2,1H3/b11-9+. The van der Waals surface area contributed by atoms with E-state index in [4.69, 9.17) is 4.74 Å². The van der Waals surface area contributed by atoms with Crippen molar-refractivity contribution in [2.75, 3.05) is 40.1 Å². The molecule has 2 heterocycles. The summed E-state index contributed by atoms with van der Waals surface area (Å²) in [6.45, 7) is 3.41. The molecule has 8 nitrogen and oxygen atoms in total. The first-order valence-electron chi connectivity index (χ1n) is 5.64. The Balaban J connectivity index is 2.03. The van der Waals surface area contributed by atoms with Gasteiger partial charge in [-0.05, 0) is 6.42 Å². The zero-order chi connectivity index (χ0) is 12.3. The highest BCUT2D eigenvalue weighted by molar-refractivity contribution is 5.79. The lowest BCUT2D eigenvalue weighted by atomic mass is 10.1. The number of rotatable bonds is 3. The quantitative estimate of drug-likeness (QED) is 0.522. The van der Waals surface area contributed by atoms with Crippen LogP contribution in [0.15, 0.2) is 5.10 Å². The van der Waals surface area contributed by atoms with Crippen molar-refractivity contribution in [2.45, 2.75) is 6.42 Å². The van der Waals surface area contributed by atoms with E-state index in [1.807, 2.05) is 4.90 Å². The van der Waals surface area contributed by atoms with Crippen LogP contribution in [-0.4, -0.2) is 60.9 Å². The first-order valence-corrected chi connectivity index (χ1v) is 5.64. The molecule has 1 unspecified atom stereocenters. The Kier molecular flexibility index (Phi) is 3.75. The third kappa shape index (κ3) is 3.04. The Bertz CT molecular complexity index is 316. The molecule has 2 aliphatic heterocycles. The molecular formula is C9H17N5O3. The number of hydrogen-bond donors (Lipinski definition) is 1. The van der Waals surface area contributed by atoms with Crippen LogP contribution >= 0.6 is 0 Å². The number of guanidine groups is 1. The summed E-state index contributed by atoms with van der Waals surface area (Å²) in [5.74, 6) is 0.848. The van der Waals surface area contributed by atoms with E-state index in [-0.39, 0.29) is 0 Å². The fraction of sp³-hybridized carbons (Fsp3) is 0.889. The monoisotopic (exact) mass is 243 g/mol. The number of hydrazone groups is 1. The molecule has 0 spiro atoms. The van der Waals surface area contributed by atoms with Crippen LogP contribution in [0.4, 0.5) is 0 Å². The largest absolute Gasteiger partial charge is 0.381 e. The van der Waals surface area contributed by atoms with Crippen LogP contribution in [0, 0.1) is 16.0 Å². The summed E-state index contributed by atoms with van der Waals surface area (Å²) in [6, 6.07) is 0. The minimum Gasteiger partial charge on any atom is -0.381 e. The van der Waals surface area contributed by atoms with Crippen molar-refractivity contribution in [3.63, 3.8) is 0 Å². The molecule has 2 rings (SSSR count). The van der Waals surface area contributed by atoms with E-state index >= 15 is 0 Å². The molecule has 2 fully saturated rings. The second-order valence-corrected chi connectivity index (χ2v) is 4.35. The van der Waals surface area contributed by atoms with Gasteiger partial charge in [-0.2, -0.15) is 0 Å². The summed E-state index contributed by atoms with van der Waals surface area (Å²) in [6.07, 6.45) is 1.01. The van der Waals surface area contributed by atoms with Gasteiger partial charge in [0, 0.05) is 26.1 Å². The highest BCUT2D eigenvalue weighted by Crippen LogP contribution is 2.15.